The molecule has 0 radical (unpaired) electrons. The summed E-state index contributed by atoms with van der Waals surface area (Å²) in [7, 11) is 1.47. The molecule has 2 aliphatic rings. The van der Waals surface area contributed by atoms with Gasteiger partial charge in [-0.1, -0.05) is 11.6 Å². The molecular weight excluding hydrogens is 417 g/mol. The van der Waals surface area contributed by atoms with Crippen LogP contribution in [0.5, 0.6) is 0 Å². The summed E-state index contributed by atoms with van der Waals surface area (Å²) in [5.74, 6) is 0.967. The highest BCUT2D eigenvalue weighted by atomic mass is 127. The summed E-state index contributed by atoms with van der Waals surface area (Å²) in [4.78, 5) is 18.7. The van der Waals surface area contributed by atoms with Gasteiger partial charge in [-0.3, -0.25) is 9.79 Å². The Balaban J connectivity index is 0.00000288. The first-order valence-electron chi connectivity index (χ1n) is 9.03. The molecule has 1 N–H and O–H groups in total. The van der Waals surface area contributed by atoms with Crippen LogP contribution in [0.4, 0.5) is 0 Å². The topological polar surface area (TPSA) is 53.9 Å². The number of halogens is 1. The number of ether oxygens (including phenoxy) is 1. The zero-order valence-corrected chi connectivity index (χ0v) is 17.4. The van der Waals surface area contributed by atoms with E-state index in [1.807, 2.05) is 0 Å². The molecule has 0 bridgehead atoms. The van der Waals surface area contributed by atoms with E-state index in [0.717, 1.165) is 51.4 Å². The van der Waals surface area contributed by atoms with Crippen molar-refractivity contribution in [3.8, 4) is 0 Å². The van der Waals surface area contributed by atoms with Gasteiger partial charge >= 0.3 is 5.97 Å². The second kappa shape index (κ2) is 11.7. The number of aliphatic imine (C=N–C) groups is 1. The quantitative estimate of drug-likeness (QED) is 0.230. The van der Waals surface area contributed by atoms with E-state index >= 15 is 0 Å². The Morgan fingerprint density at radius 3 is 2.71 bits per heavy atom. The molecule has 138 valence electrons. The molecule has 5 nitrogen and oxygen atoms in total. The van der Waals surface area contributed by atoms with Gasteiger partial charge in [-0.15, -0.1) is 24.0 Å². The van der Waals surface area contributed by atoms with Crippen LogP contribution in [0, 0.1) is 5.92 Å². The third-order valence-electron chi connectivity index (χ3n) is 4.74. The Morgan fingerprint density at radius 1 is 1.38 bits per heavy atom. The maximum atomic E-state index is 11.6. The van der Waals surface area contributed by atoms with Gasteiger partial charge in [-0.25, -0.2) is 0 Å². The van der Waals surface area contributed by atoms with Crippen molar-refractivity contribution >= 4 is 35.9 Å². The minimum absolute atomic E-state index is 0. The summed E-state index contributed by atoms with van der Waals surface area (Å²) in [5.41, 5.74) is 1.57. The summed E-state index contributed by atoms with van der Waals surface area (Å²) in [6.07, 6.45) is 10.3. The van der Waals surface area contributed by atoms with Crippen LogP contribution in [0.25, 0.3) is 0 Å². The van der Waals surface area contributed by atoms with Crippen LogP contribution in [-0.2, 0) is 9.53 Å². The van der Waals surface area contributed by atoms with E-state index in [1.165, 1.54) is 32.8 Å². The van der Waals surface area contributed by atoms with Gasteiger partial charge in [0, 0.05) is 26.2 Å². The van der Waals surface area contributed by atoms with Gasteiger partial charge in [0.25, 0.3) is 0 Å². The molecule has 0 aromatic carbocycles. The fraction of sp³-hybridized carbons (Fsp3) is 0.778. The summed E-state index contributed by atoms with van der Waals surface area (Å²) >= 11 is 0. The van der Waals surface area contributed by atoms with Crippen molar-refractivity contribution in [2.24, 2.45) is 10.9 Å². The predicted molar refractivity (Wildman–Crippen MR) is 109 cm³/mol. The molecule has 1 aliphatic heterocycles. The van der Waals surface area contributed by atoms with Gasteiger partial charge in [0.15, 0.2) is 5.96 Å². The van der Waals surface area contributed by atoms with Gasteiger partial charge in [0.05, 0.1) is 13.0 Å². The van der Waals surface area contributed by atoms with Gasteiger partial charge in [-0.2, -0.15) is 0 Å². The molecule has 0 atom stereocenters. The number of guanidine groups is 1. The summed E-state index contributed by atoms with van der Waals surface area (Å²) in [6, 6.07) is 0. The molecular formula is C18H32IN3O2. The lowest BCUT2D eigenvalue weighted by Gasteiger charge is -2.33. The van der Waals surface area contributed by atoms with E-state index in [2.05, 4.69) is 23.2 Å². The molecule has 0 spiro atoms. The number of hydrogen-bond donors (Lipinski definition) is 1. The lowest BCUT2D eigenvalue weighted by Crippen LogP contribution is -2.46. The van der Waals surface area contributed by atoms with Crippen molar-refractivity contribution in [2.45, 2.75) is 51.9 Å². The van der Waals surface area contributed by atoms with E-state index in [-0.39, 0.29) is 35.9 Å². The Bertz CT molecular complexity index is 444. The minimum Gasteiger partial charge on any atom is -0.469 e. The highest BCUT2D eigenvalue weighted by Gasteiger charge is 2.26. The largest absolute Gasteiger partial charge is 0.469 e. The van der Waals surface area contributed by atoms with Gasteiger partial charge in [0.1, 0.15) is 0 Å². The van der Waals surface area contributed by atoms with Crippen LogP contribution in [0.1, 0.15) is 51.9 Å². The van der Waals surface area contributed by atoms with E-state index < -0.39 is 0 Å². The fourth-order valence-corrected chi connectivity index (χ4v) is 3.36. The lowest BCUT2D eigenvalue weighted by atomic mass is 9.97. The Labute approximate surface area is 163 Å². The normalized spacial score (nSPS) is 19.3. The van der Waals surface area contributed by atoms with Crippen molar-refractivity contribution in [1.29, 1.82) is 0 Å². The van der Waals surface area contributed by atoms with Crippen LogP contribution in [0.15, 0.2) is 16.6 Å². The average Bonchev–Trinajstić information content (AvgIpc) is 2.61. The number of rotatable bonds is 5. The van der Waals surface area contributed by atoms with E-state index in [9.17, 15) is 4.79 Å². The molecule has 0 amide bonds. The molecule has 1 fully saturated rings. The SMILES string of the molecule is CCNC(=NCCC1=CCCCC1)N1CCC(C(=O)OC)CC1.I. The van der Waals surface area contributed by atoms with E-state index in [0.29, 0.717) is 0 Å². The molecule has 1 saturated heterocycles. The number of carbonyl (C=O) groups is 1. The van der Waals surface area contributed by atoms with Crippen molar-refractivity contribution < 1.29 is 9.53 Å². The number of allylic oxidation sites excluding steroid dienone is 1. The zero-order valence-electron chi connectivity index (χ0n) is 15.1. The predicted octanol–water partition coefficient (Wildman–Crippen LogP) is 3.35. The van der Waals surface area contributed by atoms with Crippen LogP contribution >= 0.6 is 24.0 Å². The number of nitrogens with zero attached hydrogens (tertiary/aromatic N) is 2. The first-order chi connectivity index (χ1) is 11.2. The molecule has 6 heteroatoms. The van der Waals surface area contributed by atoms with Gasteiger partial charge < -0.3 is 15.0 Å². The first-order valence-corrected chi connectivity index (χ1v) is 9.03. The second-order valence-electron chi connectivity index (χ2n) is 6.38. The number of nitrogens with one attached hydrogen (secondary N) is 1. The fourth-order valence-electron chi connectivity index (χ4n) is 3.36. The summed E-state index contributed by atoms with van der Waals surface area (Å²) < 4.78 is 4.86. The standard InChI is InChI=1S/C18H31N3O2.HI/c1-3-19-18(20-12-9-15-7-5-4-6-8-15)21-13-10-16(11-14-21)17(22)23-2;/h7,16H,3-6,8-14H2,1-2H3,(H,19,20);1H. The van der Waals surface area contributed by atoms with Crippen molar-refractivity contribution in [1.82, 2.24) is 10.2 Å². The second-order valence-corrected chi connectivity index (χ2v) is 6.38. The maximum absolute atomic E-state index is 11.6. The molecule has 0 saturated carbocycles. The van der Waals surface area contributed by atoms with Crippen molar-refractivity contribution in [3.05, 3.63) is 11.6 Å². The van der Waals surface area contributed by atoms with Crippen LogP contribution in [-0.4, -0.2) is 50.1 Å². The van der Waals surface area contributed by atoms with Crippen LogP contribution in [0.3, 0.4) is 0 Å². The van der Waals surface area contributed by atoms with Crippen LogP contribution < -0.4 is 5.32 Å². The minimum atomic E-state index is -0.0733. The van der Waals surface area contributed by atoms with Crippen molar-refractivity contribution in [2.75, 3.05) is 33.3 Å². The van der Waals surface area contributed by atoms with Gasteiger partial charge in [0.2, 0.25) is 0 Å². The first kappa shape index (κ1) is 21.3. The number of methoxy groups -OCH3 is 1. The Kier molecular flexibility index (Phi) is 10.4. The third kappa shape index (κ3) is 6.61. The average molecular weight is 449 g/mol. The van der Waals surface area contributed by atoms with Crippen molar-refractivity contribution in [3.63, 3.8) is 0 Å². The molecule has 1 aliphatic carbocycles. The molecule has 0 aromatic heterocycles. The lowest BCUT2D eigenvalue weighted by molar-refractivity contribution is -0.146. The van der Waals surface area contributed by atoms with Gasteiger partial charge in [-0.05, 0) is 51.9 Å². The number of carbonyl (C=O) groups excluding carboxylic acids is 1. The zero-order chi connectivity index (χ0) is 16.5. The summed E-state index contributed by atoms with van der Waals surface area (Å²) in [5, 5.41) is 3.39. The maximum Gasteiger partial charge on any atom is 0.308 e. The smallest absolute Gasteiger partial charge is 0.308 e. The number of likely N-dealkylation sites (tertiary alicyclic amines) is 1. The summed E-state index contributed by atoms with van der Waals surface area (Å²) in [6.45, 7) is 5.56. The molecule has 0 aromatic rings. The third-order valence-corrected chi connectivity index (χ3v) is 4.74. The molecule has 1 heterocycles. The van der Waals surface area contributed by atoms with E-state index in [4.69, 9.17) is 9.73 Å². The highest BCUT2D eigenvalue weighted by Crippen LogP contribution is 2.21. The Morgan fingerprint density at radius 2 is 2.12 bits per heavy atom. The van der Waals surface area contributed by atoms with E-state index in [1.54, 1.807) is 5.57 Å². The molecule has 0 unspecified atom stereocenters. The monoisotopic (exact) mass is 449 g/mol. The highest BCUT2D eigenvalue weighted by molar-refractivity contribution is 14.0. The number of piperidine rings is 1. The Hall–Kier alpha value is -0.790. The molecule has 2 rings (SSSR count). The number of hydrogen-bond acceptors (Lipinski definition) is 3. The van der Waals surface area contributed by atoms with Crippen LogP contribution in [0.2, 0.25) is 0 Å². The molecule has 24 heavy (non-hydrogen) atoms. The number of esters is 1.